The second kappa shape index (κ2) is 8.83. The van der Waals surface area contributed by atoms with Crippen molar-refractivity contribution in [3.05, 3.63) is 59.7 Å². The molecule has 142 valence electrons. The Balaban J connectivity index is 1.68. The molecule has 0 spiro atoms. The van der Waals surface area contributed by atoms with Crippen LogP contribution in [0.1, 0.15) is 22.1 Å². The van der Waals surface area contributed by atoms with Crippen molar-refractivity contribution in [3.8, 4) is 11.5 Å². The third-order valence-electron chi connectivity index (χ3n) is 4.33. The minimum absolute atomic E-state index is 0.144. The van der Waals surface area contributed by atoms with Crippen LogP contribution >= 0.6 is 12.2 Å². The van der Waals surface area contributed by atoms with Crippen LogP contribution in [0, 0.1) is 0 Å². The topological polar surface area (TPSA) is 60.0 Å². The molecule has 2 aromatic carbocycles. The normalized spacial score (nSPS) is 18.8. The summed E-state index contributed by atoms with van der Waals surface area (Å²) in [5, 5.41) is 3.63. The van der Waals surface area contributed by atoms with E-state index >= 15 is 0 Å². The van der Waals surface area contributed by atoms with Gasteiger partial charge in [-0.25, -0.2) is 0 Å². The van der Waals surface area contributed by atoms with E-state index < -0.39 is 0 Å². The zero-order valence-corrected chi connectivity index (χ0v) is 16.1. The highest BCUT2D eigenvalue weighted by atomic mass is 32.1. The van der Waals surface area contributed by atoms with Crippen molar-refractivity contribution >= 4 is 23.6 Å². The number of methoxy groups -OCH3 is 1. The van der Waals surface area contributed by atoms with Gasteiger partial charge in [-0.3, -0.25) is 4.79 Å². The van der Waals surface area contributed by atoms with Crippen LogP contribution in [-0.2, 0) is 4.74 Å². The van der Waals surface area contributed by atoms with Crippen molar-refractivity contribution in [2.24, 2.45) is 0 Å². The van der Waals surface area contributed by atoms with Gasteiger partial charge < -0.3 is 24.4 Å². The maximum atomic E-state index is 10.7. The average Bonchev–Trinajstić information content (AvgIpc) is 3.16. The second-order valence-corrected chi connectivity index (χ2v) is 6.48. The molecule has 2 atom stereocenters. The fourth-order valence-electron chi connectivity index (χ4n) is 2.90. The number of nitrogens with one attached hydrogen (secondary N) is 1. The Morgan fingerprint density at radius 3 is 2.48 bits per heavy atom. The van der Waals surface area contributed by atoms with Gasteiger partial charge in [0.05, 0.1) is 13.7 Å². The molecule has 0 saturated carbocycles. The number of nitrogens with zero attached hydrogens (tertiary/aromatic N) is 1. The van der Waals surface area contributed by atoms with E-state index in [0.29, 0.717) is 29.6 Å². The summed E-state index contributed by atoms with van der Waals surface area (Å²) in [6, 6.07) is 14.7. The monoisotopic (exact) mass is 386 g/mol. The second-order valence-electron chi connectivity index (χ2n) is 6.09. The van der Waals surface area contributed by atoms with E-state index in [1.54, 1.807) is 38.4 Å². The highest BCUT2D eigenvalue weighted by molar-refractivity contribution is 7.80. The average molecular weight is 386 g/mol. The highest BCUT2D eigenvalue weighted by Gasteiger charge is 2.35. The summed E-state index contributed by atoms with van der Waals surface area (Å²) in [5.41, 5.74) is 1.61. The van der Waals surface area contributed by atoms with Crippen molar-refractivity contribution in [2.45, 2.75) is 12.3 Å². The SMILES string of the molecule is CNC(=S)N1CC(COc2ccc(C=O)cc2)OC1c1ccc(OC)cc1. The van der Waals surface area contributed by atoms with E-state index in [-0.39, 0.29) is 12.3 Å². The van der Waals surface area contributed by atoms with Crippen molar-refractivity contribution in [1.82, 2.24) is 10.2 Å². The van der Waals surface area contributed by atoms with Crippen LogP contribution in [0.25, 0.3) is 0 Å². The number of thiocarbonyl (C=S) groups is 1. The van der Waals surface area contributed by atoms with Gasteiger partial charge >= 0.3 is 0 Å². The Bertz CT molecular complexity index is 780. The van der Waals surface area contributed by atoms with Gasteiger partial charge in [0.25, 0.3) is 0 Å². The lowest BCUT2D eigenvalue weighted by Gasteiger charge is -2.25. The smallest absolute Gasteiger partial charge is 0.171 e. The Morgan fingerprint density at radius 2 is 1.89 bits per heavy atom. The number of carbonyl (C=O) groups excluding carboxylic acids is 1. The lowest BCUT2D eigenvalue weighted by atomic mass is 10.2. The van der Waals surface area contributed by atoms with E-state index in [0.717, 1.165) is 17.6 Å². The van der Waals surface area contributed by atoms with Gasteiger partial charge in [0.2, 0.25) is 0 Å². The number of hydrogen-bond acceptors (Lipinski definition) is 5. The Kier molecular flexibility index (Phi) is 6.26. The fourth-order valence-corrected chi connectivity index (χ4v) is 3.07. The molecular formula is C20H22N2O4S. The summed E-state index contributed by atoms with van der Waals surface area (Å²) in [6.45, 7) is 0.999. The van der Waals surface area contributed by atoms with Gasteiger partial charge in [0.15, 0.2) is 11.3 Å². The lowest BCUT2D eigenvalue weighted by molar-refractivity contribution is -0.00135. The maximum Gasteiger partial charge on any atom is 0.171 e. The summed E-state index contributed by atoms with van der Waals surface area (Å²) in [4.78, 5) is 12.7. The predicted octanol–water partition coefficient (Wildman–Crippen LogP) is 2.79. The maximum absolute atomic E-state index is 10.7. The predicted molar refractivity (Wildman–Crippen MR) is 106 cm³/mol. The van der Waals surface area contributed by atoms with Crippen LogP contribution in [0.5, 0.6) is 11.5 Å². The minimum Gasteiger partial charge on any atom is -0.497 e. The van der Waals surface area contributed by atoms with E-state index in [1.165, 1.54) is 0 Å². The van der Waals surface area contributed by atoms with Gasteiger partial charge in [-0.05, 0) is 48.6 Å². The molecule has 1 aliphatic heterocycles. The van der Waals surface area contributed by atoms with Crippen molar-refractivity contribution < 1.29 is 19.0 Å². The molecule has 3 rings (SSSR count). The molecule has 1 N–H and O–H groups in total. The Morgan fingerprint density at radius 1 is 1.22 bits per heavy atom. The molecule has 6 nitrogen and oxygen atoms in total. The molecule has 0 aromatic heterocycles. The summed E-state index contributed by atoms with van der Waals surface area (Å²) in [6.07, 6.45) is 0.371. The van der Waals surface area contributed by atoms with Crippen LogP contribution < -0.4 is 14.8 Å². The molecular weight excluding hydrogens is 364 g/mol. The summed E-state index contributed by atoms with van der Waals surface area (Å²) >= 11 is 5.44. The van der Waals surface area contributed by atoms with Crippen LogP contribution in [0.2, 0.25) is 0 Å². The van der Waals surface area contributed by atoms with E-state index in [2.05, 4.69) is 5.32 Å². The summed E-state index contributed by atoms with van der Waals surface area (Å²) in [7, 11) is 3.43. The first-order valence-electron chi connectivity index (χ1n) is 8.60. The standard InChI is InChI=1S/C20H22N2O4S/c1-21-20(27)22-11-18(13-25-17-7-3-14(12-23)4-8-17)26-19(22)15-5-9-16(24-2)10-6-15/h3-10,12,18-19H,11,13H2,1-2H3,(H,21,27). The van der Waals surface area contributed by atoms with Crippen LogP contribution in [0.3, 0.4) is 0 Å². The van der Waals surface area contributed by atoms with Crippen LogP contribution in [-0.4, -0.2) is 49.7 Å². The minimum atomic E-state index is -0.290. The van der Waals surface area contributed by atoms with E-state index in [1.807, 2.05) is 29.2 Å². The van der Waals surface area contributed by atoms with Crippen LogP contribution in [0.4, 0.5) is 0 Å². The van der Waals surface area contributed by atoms with Gasteiger partial charge in [-0.15, -0.1) is 0 Å². The largest absolute Gasteiger partial charge is 0.497 e. The Hall–Kier alpha value is -2.64. The molecule has 2 unspecified atom stereocenters. The Labute approximate surface area is 164 Å². The third kappa shape index (κ3) is 4.56. The first-order valence-corrected chi connectivity index (χ1v) is 9.01. The quantitative estimate of drug-likeness (QED) is 0.605. The molecule has 0 amide bonds. The molecule has 0 aliphatic carbocycles. The van der Waals surface area contributed by atoms with Gasteiger partial charge in [0, 0.05) is 18.2 Å². The number of rotatable bonds is 6. The molecule has 1 aliphatic rings. The molecule has 27 heavy (non-hydrogen) atoms. The molecule has 0 bridgehead atoms. The highest BCUT2D eigenvalue weighted by Crippen LogP contribution is 2.31. The summed E-state index contributed by atoms with van der Waals surface area (Å²) < 4.78 is 17.2. The third-order valence-corrected chi connectivity index (χ3v) is 4.77. The fraction of sp³-hybridized carbons (Fsp3) is 0.300. The number of ether oxygens (including phenoxy) is 3. The van der Waals surface area contributed by atoms with Crippen molar-refractivity contribution in [1.29, 1.82) is 0 Å². The van der Waals surface area contributed by atoms with Crippen molar-refractivity contribution in [3.63, 3.8) is 0 Å². The zero-order valence-electron chi connectivity index (χ0n) is 15.3. The number of benzene rings is 2. The van der Waals surface area contributed by atoms with Crippen LogP contribution in [0.15, 0.2) is 48.5 Å². The first-order chi connectivity index (χ1) is 13.1. The zero-order chi connectivity index (χ0) is 19.2. The molecule has 7 heteroatoms. The molecule has 1 heterocycles. The molecule has 1 saturated heterocycles. The van der Waals surface area contributed by atoms with E-state index in [9.17, 15) is 4.79 Å². The lowest BCUT2D eigenvalue weighted by Crippen LogP contribution is -2.38. The van der Waals surface area contributed by atoms with Gasteiger partial charge in [0.1, 0.15) is 30.5 Å². The van der Waals surface area contributed by atoms with Gasteiger partial charge in [-0.1, -0.05) is 12.1 Å². The number of hydrogen-bond donors (Lipinski definition) is 1. The number of carbonyl (C=O) groups is 1. The van der Waals surface area contributed by atoms with Gasteiger partial charge in [-0.2, -0.15) is 0 Å². The van der Waals surface area contributed by atoms with Crippen molar-refractivity contribution in [2.75, 3.05) is 27.3 Å². The molecule has 2 aromatic rings. The van der Waals surface area contributed by atoms with E-state index in [4.69, 9.17) is 26.4 Å². The molecule has 0 radical (unpaired) electrons. The summed E-state index contributed by atoms with van der Waals surface area (Å²) in [5.74, 6) is 1.48. The first kappa shape index (κ1) is 19.1. The number of aldehydes is 1. The molecule has 1 fully saturated rings.